The SMILES string of the molecule is Cc1ccc(N2C(=O)CC(Nc3ccccc3C(=O)O)C2=O)c(C)c1. The average molecular weight is 338 g/mol. The number of aryl methyl sites for hydroxylation is 2. The molecule has 2 aromatic carbocycles. The number of anilines is 2. The number of hydrogen-bond acceptors (Lipinski definition) is 4. The van der Waals surface area contributed by atoms with Gasteiger partial charge in [0.05, 0.1) is 17.7 Å². The standard InChI is InChI=1S/C19H18N2O4/c1-11-7-8-16(12(2)9-11)21-17(22)10-15(18(21)23)20-14-6-4-3-5-13(14)19(24)25/h3-9,15,20H,10H2,1-2H3,(H,24,25). The first-order valence-corrected chi connectivity index (χ1v) is 7.91. The van der Waals surface area contributed by atoms with Crippen molar-refractivity contribution in [1.82, 2.24) is 0 Å². The molecule has 1 aliphatic rings. The molecule has 3 rings (SSSR count). The van der Waals surface area contributed by atoms with E-state index in [4.69, 9.17) is 0 Å². The number of carboxylic acids is 1. The van der Waals surface area contributed by atoms with Crippen molar-refractivity contribution >= 4 is 29.2 Å². The highest BCUT2D eigenvalue weighted by atomic mass is 16.4. The highest BCUT2D eigenvalue weighted by Crippen LogP contribution is 2.29. The Bertz CT molecular complexity index is 875. The fraction of sp³-hybridized carbons (Fsp3) is 0.211. The van der Waals surface area contributed by atoms with Crippen LogP contribution in [0.1, 0.15) is 27.9 Å². The Labute approximate surface area is 145 Å². The molecule has 0 bridgehead atoms. The maximum Gasteiger partial charge on any atom is 0.337 e. The fourth-order valence-corrected chi connectivity index (χ4v) is 3.04. The van der Waals surface area contributed by atoms with Gasteiger partial charge in [0.1, 0.15) is 6.04 Å². The Balaban J connectivity index is 1.88. The lowest BCUT2D eigenvalue weighted by Gasteiger charge is -2.19. The van der Waals surface area contributed by atoms with Gasteiger partial charge in [0.25, 0.3) is 5.91 Å². The molecule has 1 unspecified atom stereocenters. The molecule has 1 aliphatic heterocycles. The van der Waals surface area contributed by atoms with E-state index in [1.807, 2.05) is 26.0 Å². The minimum absolute atomic E-state index is 0.0138. The van der Waals surface area contributed by atoms with Gasteiger partial charge in [-0.1, -0.05) is 29.8 Å². The third kappa shape index (κ3) is 3.10. The highest BCUT2D eigenvalue weighted by molar-refractivity contribution is 6.23. The maximum absolute atomic E-state index is 12.7. The molecule has 128 valence electrons. The number of imide groups is 1. The molecule has 2 aromatic rings. The Morgan fingerprint density at radius 1 is 1.16 bits per heavy atom. The summed E-state index contributed by atoms with van der Waals surface area (Å²) in [5, 5.41) is 12.2. The number of amides is 2. The van der Waals surface area contributed by atoms with E-state index in [-0.39, 0.29) is 23.8 Å². The van der Waals surface area contributed by atoms with Crippen LogP contribution in [0.5, 0.6) is 0 Å². The highest BCUT2D eigenvalue weighted by Gasteiger charge is 2.40. The molecule has 0 aromatic heterocycles. The molecule has 1 saturated heterocycles. The molecule has 0 saturated carbocycles. The minimum atomic E-state index is -1.09. The average Bonchev–Trinajstić information content (AvgIpc) is 2.82. The number of carbonyl (C=O) groups is 3. The first-order valence-electron chi connectivity index (χ1n) is 7.91. The van der Waals surface area contributed by atoms with Crippen molar-refractivity contribution in [1.29, 1.82) is 0 Å². The van der Waals surface area contributed by atoms with Gasteiger partial charge in [0, 0.05) is 5.69 Å². The van der Waals surface area contributed by atoms with Gasteiger partial charge < -0.3 is 10.4 Å². The molecule has 25 heavy (non-hydrogen) atoms. The second kappa shape index (κ2) is 6.39. The van der Waals surface area contributed by atoms with Crippen molar-refractivity contribution in [2.24, 2.45) is 0 Å². The summed E-state index contributed by atoms with van der Waals surface area (Å²) in [5.41, 5.74) is 2.84. The zero-order valence-electron chi connectivity index (χ0n) is 13.9. The van der Waals surface area contributed by atoms with Crippen LogP contribution in [0.3, 0.4) is 0 Å². The van der Waals surface area contributed by atoms with Crippen molar-refractivity contribution < 1.29 is 19.5 Å². The number of nitrogens with zero attached hydrogens (tertiary/aromatic N) is 1. The fourth-order valence-electron chi connectivity index (χ4n) is 3.04. The van der Waals surface area contributed by atoms with E-state index in [9.17, 15) is 19.5 Å². The van der Waals surface area contributed by atoms with E-state index in [0.717, 1.165) is 11.1 Å². The van der Waals surface area contributed by atoms with Crippen LogP contribution >= 0.6 is 0 Å². The molecule has 1 heterocycles. The van der Waals surface area contributed by atoms with Crippen molar-refractivity contribution in [3.05, 3.63) is 59.2 Å². The zero-order valence-corrected chi connectivity index (χ0v) is 13.9. The molecule has 0 radical (unpaired) electrons. The topological polar surface area (TPSA) is 86.7 Å². The van der Waals surface area contributed by atoms with Crippen LogP contribution in [-0.4, -0.2) is 28.9 Å². The molecule has 0 spiro atoms. The normalized spacial score (nSPS) is 17.0. The maximum atomic E-state index is 12.7. The molecular formula is C19H18N2O4. The Morgan fingerprint density at radius 2 is 1.88 bits per heavy atom. The molecule has 2 N–H and O–H groups in total. The van der Waals surface area contributed by atoms with Gasteiger partial charge in [-0.2, -0.15) is 0 Å². The smallest absolute Gasteiger partial charge is 0.337 e. The van der Waals surface area contributed by atoms with E-state index >= 15 is 0 Å². The van der Waals surface area contributed by atoms with Crippen molar-refractivity contribution in [3.8, 4) is 0 Å². The van der Waals surface area contributed by atoms with Gasteiger partial charge in [-0.05, 0) is 37.6 Å². The van der Waals surface area contributed by atoms with Gasteiger partial charge in [-0.3, -0.25) is 9.59 Å². The third-order valence-electron chi connectivity index (χ3n) is 4.23. The lowest BCUT2D eigenvalue weighted by Crippen LogP contribution is -2.35. The van der Waals surface area contributed by atoms with Crippen LogP contribution in [-0.2, 0) is 9.59 Å². The van der Waals surface area contributed by atoms with Gasteiger partial charge in [0.2, 0.25) is 5.91 Å². The van der Waals surface area contributed by atoms with Gasteiger partial charge in [-0.25, -0.2) is 9.69 Å². The van der Waals surface area contributed by atoms with Crippen LogP contribution in [0.2, 0.25) is 0 Å². The molecule has 0 aliphatic carbocycles. The van der Waals surface area contributed by atoms with E-state index in [2.05, 4.69) is 5.32 Å². The van der Waals surface area contributed by atoms with E-state index in [0.29, 0.717) is 11.4 Å². The van der Waals surface area contributed by atoms with E-state index in [1.54, 1.807) is 24.3 Å². The second-order valence-corrected chi connectivity index (χ2v) is 6.11. The molecule has 1 fully saturated rings. The Morgan fingerprint density at radius 3 is 2.56 bits per heavy atom. The molecule has 6 heteroatoms. The summed E-state index contributed by atoms with van der Waals surface area (Å²) in [4.78, 5) is 37.6. The lowest BCUT2D eigenvalue weighted by atomic mass is 10.1. The largest absolute Gasteiger partial charge is 0.478 e. The Kier molecular flexibility index (Phi) is 4.27. The lowest BCUT2D eigenvalue weighted by molar-refractivity contribution is -0.121. The summed E-state index contributed by atoms with van der Waals surface area (Å²) in [5.74, 6) is -1.77. The summed E-state index contributed by atoms with van der Waals surface area (Å²) in [6.07, 6.45) is -0.0138. The van der Waals surface area contributed by atoms with Crippen LogP contribution < -0.4 is 10.2 Å². The molecular weight excluding hydrogens is 320 g/mol. The number of aromatic carboxylic acids is 1. The molecule has 2 amide bonds. The second-order valence-electron chi connectivity index (χ2n) is 6.11. The number of hydrogen-bond donors (Lipinski definition) is 2. The van der Waals surface area contributed by atoms with Gasteiger partial charge in [0.15, 0.2) is 0 Å². The number of rotatable bonds is 4. The van der Waals surface area contributed by atoms with Gasteiger partial charge in [-0.15, -0.1) is 0 Å². The number of nitrogens with one attached hydrogen (secondary N) is 1. The number of carboxylic acid groups (broad SMARTS) is 1. The minimum Gasteiger partial charge on any atom is -0.478 e. The van der Waals surface area contributed by atoms with Crippen molar-refractivity contribution in [2.75, 3.05) is 10.2 Å². The third-order valence-corrected chi connectivity index (χ3v) is 4.23. The van der Waals surface area contributed by atoms with Gasteiger partial charge >= 0.3 is 5.97 Å². The number of benzene rings is 2. The summed E-state index contributed by atoms with van der Waals surface area (Å²) in [7, 11) is 0. The molecule has 1 atom stereocenters. The first-order chi connectivity index (χ1) is 11.9. The van der Waals surface area contributed by atoms with Crippen molar-refractivity contribution in [3.63, 3.8) is 0 Å². The summed E-state index contributed by atoms with van der Waals surface area (Å²) in [6.45, 7) is 3.79. The quantitative estimate of drug-likeness (QED) is 0.837. The van der Waals surface area contributed by atoms with Crippen LogP contribution in [0.15, 0.2) is 42.5 Å². The summed E-state index contributed by atoms with van der Waals surface area (Å²) >= 11 is 0. The van der Waals surface area contributed by atoms with E-state index < -0.39 is 12.0 Å². The summed E-state index contributed by atoms with van der Waals surface area (Å²) < 4.78 is 0. The van der Waals surface area contributed by atoms with Crippen LogP contribution in [0.4, 0.5) is 11.4 Å². The zero-order chi connectivity index (χ0) is 18.1. The predicted octanol–water partition coefficient (Wildman–Crippen LogP) is 2.75. The summed E-state index contributed by atoms with van der Waals surface area (Å²) in [6, 6.07) is 11.1. The monoisotopic (exact) mass is 338 g/mol. The first kappa shape index (κ1) is 16.7. The predicted molar refractivity (Wildman–Crippen MR) is 93.8 cm³/mol. The van der Waals surface area contributed by atoms with Crippen LogP contribution in [0.25, 0.3) is 0 Å². The number of carbonyl (C=O) groups excluding carboxylic acids is 2. The van der Waals surface area contributed by atoms with Crippen molar-refractivity contribution in [2.45, 2.75) is 26.3 Å². The van der Waals surface area contributed by atoms with E-state index in [1.165, 1.54) is 11.0 Å². The number of para-hydroxylation sites is 1. The molecule has 6 nitrogen and oxygen atoms in total. The Hall–Kier alpha value is -3.15. The van der Waals surface area contributed by atoms with Crippen LogP contribution in [0, 0.1) is 13.8 Å².